The molecule has 0 amide bonds. The van der Waals surface area contributed by atoms with Crippen LogP contribution < -0.4 is 9.47 Å². The zero-order valence-corrected chi connectivity index (χ0v) is 14.9. The largest absolute Gasteiger partial charge is 0.489 e. The predicted molar refractivity (Wildman–Crippen MR) is 99.9 cm³/mol. The monoisotopic (exact) mass is 342 g/mol. The molecule has 0 N–H and O–H groups in total. The van der Waals surface area contributed by atoms with Crippen LogP contribution in [0.2, 0.25) is 0 Å². The highest BCUT2D eigenvalue weighted by molar-refractivity contribution is 7.98. The third-order valence-corrected chi connectivity index (χ3v) is 4.18. The number of carbonyl (C=O) groups excluding carboxylic acids is 1. The highest BCUT2D eigenvalue weighted by atomic mass is 32.2. The van der Waals surface area contributed by atoms with Crippen molar-refractivity contribution in [3.05, 3.63) is 60.2 Å². The van der Waals surface area contributed by atoms with E-state index in [0.29, 0.717) is 24.5 Å². The van der Waals surface area contributed by atoms with Gasteiger partial charge in [-0.3, -0.25) is 4.79 Å². The molecule has 0 aliphatic carbocycles. The lowest BCUT2D eigenvalue weighted by Crippen LogP contribution is -2.03. The first-order chi connectivity index (χ1) is 11.7. The Kier molecular flexibility index (Phi) is 6.94. The Morgan fingerprint density at radius 1 is 1.21 bits per heavy atom. The van der Waals surface area contributed by atoms with E-state index in [2.05, 4.69) is 13.5 Å². The third-order valence-electron chi connectivity index (χ3n) is 3.44. The summed E-state index contributed by atoms with van der Waals surface area (Å²) in [6.45, 7) is 6.91. The van der Waals surface area contributed by atoms with Crippen LogP contribution in [0.15, 0.2) is 53.9 Å². The molecular weight excluding hydrogens is 320 g/mol. The average Bonchev–Trinajstić information content (AvgIpc) is 2.64. The molecule has 0 spiro atoms. The van der Waals surface area contributed by atoms with Crippen molar-refractivity contribution >= 4 is 23.6 Å². The number of hydrogen-bond acceptors (Lipinski definition) is 4. The van der Waals surface area contributed by atoms with Gasteiger partial charge in [-0.25, -0.2) is 0 Å². The molecule has 3 nitrogen and oxygen atoms in total. The molecule has 2 aromatic carbocycles. The summed E-state index contributed by atoms with van der Waals surface area (Å²) in [5.74, 6) is 1.36. The van der Waals surface area contributed by atoms with Gasteiger partial charge in [-0.05, 0) is 35.9 Å². The molecule has 4 heteroatoms. The van der Waals surface area contributed by atoms with Crippen LogP contribution in [-0.2, 0) is 11.4 Å². The topological polar surface area (TPSA) is 35.5 Å². The lowest BCUT2D eigenvalue weighted by Gasteiger charge is -2.17. The van der Waals surface area contributed by atoms with E-state index in [1.165, 1.54) is 0 Å². The van der Waals surface area contributed by atoms with Crippen molar-refractivity contribution in [3.63, 3.8) is 0 Å². The molecule has 126 valence electrons. The summed E-state index contributed by atoms with van der Waals surface area (Å²) in [6.07, 6.45) is 3.64. The molecule has 0 fully saturated rings. The zero-order valence-electron chi connectivity index (χ0n) is 14.1. The highest BCUT2D eigenvalue weighted by Crippen LogP contribution is 2.40. The quantitative estimate of drug-likeness (QED) is 0.365. The Morgan fingerprint density at radius 2 is 1.96 bits per heavy atom. The van der Waals surface area contributed by atoms with E-state index in [-0.39, 0.29) is 0 Å². The number of allylic oxidation sites excluding steroid dienone is 1. The van der Waals surface area contributed by atoms with Crippen LogP contribution in [0.1, 0.15) is 24.5 Å². The van der Waals surface area contributed by atoms with Gasteiger partial charge in [-0.15, -0.1) is 11.8 Å². The van der Waals surface area contributed by atoms with Gasteiger partial charge < -0.3 is 9.47 Å². The van der Waals surface area contributed by atoms with Crippen LogP contribution in [0.3, 0.4) is 0 Å². The summed E-state index contributed by atoms with van der Waals surface area (Å²) in [5.41, 5.74) is 2.25. The van der Waals surface area contributed by atoms with Crippen molar-refractivity contribution in [3.8, 4) is 11.5 Å². The summed E-state index contributed by atoms with van der Waals surface area (Å²) in [4.78, 5) is 12.0. The second-order valence-corrected chi connectivity index (χ2v) is 6.12. The Bertz CT molecular complexity index is 696. The average molecular weight is 342 g/mol. The first kappa shape index (κ1) is 18.1. The van der Waals surface area contributed by atoms with Gasteiger partial charge >= 0.3 is 0 Å². The molecule has 0 radical (unpaired) electrons. The number of ether oxygens (including phenoxy) is 2. The molecular formula is C20H22O3S. The maximum atomic E-state index is 11.1. The molecule has 0 bridgehead atoms. The van der Waals surface area contributed by atoms with E-state index in [1.807, 2.05) is 48.7 Å². The van der Waals surface area contributed by atoms with Gasteiger partial charge in [0, 0.05) is 5.57 Å². The highest BCUT2D eigenvalue weighted by Gasteiger charge is 2.15. The Hall–Kier alpha value is -2.20. The fourth-order valence-corrected chi connectivity index (χ4v) is 2.76. The number of benzene rings is 2. The summed E-state index contributed by atoms with van der Waals surface area (Å²) in [6, 6.07) is 13.7. The van der Waals surface area contributed by atoms with E-state index in [0.717, 1.165) is 34.5 Å². The number of hydrogen-bond donors (Lipinski definition) is 0. The van der Waals surface area contributed by atoms with Gasteiger partial charge in [0.25, 0.3) is 0 Å². The van der Waals surface area contributed by atoms with Crippen molar-refractivity contribution in [2.24, 2.45) is 0 Å². The van der Waals surface area contributed by atoms with E-state index in [4.69, 9.17) is 9.47 Å². The SMILES string of the molecule is C=C(C=O)c1cc(OCc2ccccc2)c(OCCC)c(SC)c1. The van der Waals surface area contributed by atoms with Crippen LogP contribution in [0.4, 0.5) is 0 Å². The van der Waals surface area contributed by atoms with Crippen LogP contribution in [0.5, 0.6) is 11.5 Å². The van der Waals surface area contributed by atoms with Crippen LogP contribution in [-0.4, -0.2) is 19.1 Å². The van der Waals surface area contributed by atoms with E-state index in [1.54, 1.807) is 11.8 Å². The molecule has 0 atom stereocenters. The number of carbonyl (C=O) groups is 1. The van der Waals surface area contributed by atoms with Crippen molar-refractivity contribution in [1.29, 1.82) is 0 Å². The molecule has 0 aliphatic heterocycles. The molecule has 0 unspecified atom stereocenters. The van der Waals surface area contributed by atoms with Crippen LogP contribution >= 0.6 is 11.8 Å². The van der Waals surface area contributed by atoms with Crippen LogP contribution in [0.25, 0.3) is 5.57 Å². The molecule has 0 saturated heterocycles. The summed E-state index contributed by atoms with van der Waals surface area (Å²) < 4.78 is 11.9. The lowest BCUT2D eigenvalue weighted by molar-refractivity contribution is -0.103. The minimum Gasteiger partial charge on any atom is -0.489 e. The second kappa shape index (κ2) is 9.18. The minimum atomic E-state index is 0.428. The Balaban J connectivity index is 2.35. The van der Waals surface area contributed by atoms with Gasteiger partial charge in [-0.1, -0.05) is 43.8 Å². The fourth-order valence-electron chi connectivity index (χ4n) is 2.17. The van der Waals surface area contributed by atoms with Gasteiger partial charge in [0.15, 0.2) is 11.5 Å². The van der Waals surface area contributed by atoms with Crippen molar-refractivity contribution < 1.29 is 14.3 Å². The van der Waals surface area contributed by atoms with E-state index in [9.17, 15) is 4.79 Å². The predicted octanol–water partition coefficient (Wildman–Crippen LogP) is 4.99. The van der Waals surface area contributed by atoms with E-state index >= 15 is 0 Å². The number of thioether (sulfide) groups is 1. The second-order valence-electron chi connectivity index (χ2n) is 5.27. The molecule has 2 rings (SSSR count). The van der Waals surface area contributed by atoms with Crippen molar-refractivity contribution in [2.45, 2.75) is 24.8 Å². The first-order valence-corrected chi connectivity index (χ1v) is 9.08. The zero-order chi connectivity index (χ0) is 17.4. The summed E-state index contributed by atoms with van der Waals surface area (Å²) >= 11 is 1.56. The smallest absolute Gasteiger partial charge is 0.174 e. The Morgan fingerprint density at radius 3 is 2.58 bits per heavy atom. The first-order valence-electron chi connectivity index (χ1n) is 7.85. The fraction of sp³-hybridized carbons (Fsp3) is 0.250. The summed E-state index contributed by atoms with van der Waals surface area (Å²) in [5, 5.41) is 0. The lowest BCUT2D eigenvalue weighted by atomic mass is 10.1. The van der Waals surface area contributed by atoms with Crippen molar-refractivity contribution in [2.75, 3.05) is 12.9 Å². The molecule has 0 aliphatic rings. The molecule has 0 saturated carbocycles. The number of rotatable bonds is 9. The molecule has 0 aromatic heterocycles. The van der Waals surface area contributed by atoms with Crippen molar-refractivity contribution in [1.82, 2.24) is 0 Å². The maximum Gasteiger partial charge on any atom is 0.174 e. The van der Waals surface area contributed by atoms with Crippen LogP contribution in [0, 0.1) is 0 Å². The Labute approximate surface area is 147 Å². The molecule has 24 heavy (non-hydrogen) atoms. The normalized spacial score (nSPS) is 10.2. The van der Waals surface area contributed by atoms with Gasteiger partial charge in [-0.2, -0.15) is 0 Å². The van der Waals surface area contributed by atoms with Gasteiger partial charge in [0.2, 0.25) is 0 Å². The molecule has 2 aromatic rings. The standard InChI is InChI=1S/C20H22O3S/c1-4-10-22-20-18(23-14-16-8-6-5-7-9-16)11-17(15(2)13-21)12-19(20)24-3/h5-9,11-13H,2,4,10,14H2,1,3H3. The minimum absolute atomic E-state index is 0.428. The number of aldehydes is 1. The van der Waals surface area contributed by atoms with Gasteiger partial charge in [0.1, 0.15) is 12.9 Å². The van der Waals surface area contributed by atoms with Gasteiger partial charge in [0.05, 0.1) is 11.5 Å². The maximum absolute atomic E-state index is 11.1. The molecule has 0 heterocycles. The third kappa shape index (κ3) is 4.65. The van der Waals surface area contributed by atoms with E-state index < -0.39 is 0 Å². The summed E-state index contributed by atoms with van der Waals surface area (Å²) in [7, 11) is 0.